The summed E-state index contributed by atoms with van der Waals surface area (Å²) >= 11 is 3.40. The SMILES string of the molecule is Nc1ccc(CN(C(=O)c2ncccc2Br)C2CC2)cc1. The van der Waals surface area contributed by atoms with Crippen molar-refractivity contribution in [2.45, 2.75) is 25.4 Å². The van der Waals surface area contributed by atoms with Crippen molar-refractivity contribution in [2.75, 3.05) is 5.73 Å². The first kappa shape index (κ1) is 14.1. The zero-order valence-corrected chi connectivity index (χ0v) is 13.1. The summed E-state index contributed by atoms with van der Waals surface area (Å²) in [6, 6.07) is 11.6. The second-order valence-corrected chi connectivity index (χ2v) is 6.09. The fourth-order valence-corrected chi connectivity index (χ4v) is 2.68. The van der Waals surface area contributed by atoms with Crippen LogP contribution in [0.3, 0.4) is 0 Å². The predicted octanol–water partition coefficient (Wildman–Crippen LogP) is 3.23. The predicted molar refractivity (Wildman–Crippen MR) is 85.7 cm³/mol. The molecule has 2 N–H and O–H groups in total. The normalized spacial score (nSPS) is 14.0. The fraction of sp³-hybridized carbons (Fsp3) is 0.250. The Kier molecular flexibility index (Phi) is 3.92. The van der Waals surface area contributed by atoms with Crippen LogP contribution in [-0.2, 0) is 6.54 Å². The summed E-state index contributed by atoms with van der Waals surface area (Å²) in [6.45, 7) is 0.590. The molecule has 1 aliphatic rings. The topological polar surface area (TPSA) is 59.2 Å². The number of pyridine rings is 1. The van der Waals surface area contributed by atoms with Crippen molar-refractivity contribution in [1.82, 2.24) is 9.88 Å². The third-order valence-electron chi connectivity index (χ3n) is 3.54. The number of nitrogens with two attached hydrogens (primary N) is 1. The zero-order chi connectivity index (χ0) is 14.8. The molecule has 0 bridgehead atoms. The van der Waals surface area contributed by atoms with Gasteiger partial charge in [0, 0.05) is 28.9 Å². The molecule has 3 rings (SSSR count). The maximum atomic E-state index is 12.7. The maximum absolute atomic E-state index is 12.7. The summed E-state index contributed by atoms with van der Waals surface area (Å²) < 4.78 is 0.734. The number of nitrogens with zero attached hydrogens (tertiary/aromatic N) is 2. The largest absolute Gasteiger partial charge is 0.399 e. The van der Waals surface area contributed by atoms with E-state index in [1.165, 1.54) is 0 Å². The van der Waals surface area contributed by atoms with E-state index in [1.54, 1.807) is 6.20 Å². The molecule has 1 aromatic heterocycles. The summed E-state index contributed by atoms with van der Waals surface area (Å²) in [5.74, 6) is -0.0261. The second kappa shape index (κ2) is 5.85. The fourth-order valence-electron chi connectivity index (χ4n) is 2.25. The summed E-state index contributed by atoms with van der Waals surface area (Å²) in [5, 5.41) is 0. The van der Waals surface area contributed by atoms with Crippen LogP contribution in [0.4, 0.5) is 5.69 Å². The number of carbonyl (C=O) groups is 1. The minimum atomic E-state index is -0.0261. The number of anilines is 1. The Morgan fingerprint density at radius 1 is 1.29 bits per heavy atom. The lowest BCUT2D eigenvalue weighted by atomic mass is 10.2. The van der Waals surface area contributed by atoms with Gasteiger partial charge < -0.3 is 10.6 Å². The number of rotatable bonds is 4. The molecular weight excluding hydrogens is 330 g/mol. The highest BCUT2D eigenvalue weighted by Gasteiger charge is 2.34. The van der Waals surface area contributed by atoms with Crippen molar-refractivity contribution >= 4 is 27.5 Å². The van der Waals surface area contributed by atoms with Gasteiger partial charge in [0.2, 0.25) is 0 Å². The third-order valence-corrected chi connectivity index (χ3v) is 4.18. The van der Waals surface area contributed by atoms with Crippen LogP contribution in [0.5, 0.6) is 0 Å². The van der Waals surface area contributed by atoms with E-state index in [1.807, 2.05) is 41.3 Å². The van der Waals surface area contributed by atoms with E-state index in [2.05, 4.69) is 20.9 Å². The van der Waals surface area contributed by atoms with Crippen LogP contribution >= 0.6 is 15.9 Å². The molecule has 1 fully saturated rings. The summed E-state index contributed by atoms with van der Waals surface area (Å²) in [7, 11) is 0. The number of hydrogen-bond acceptors (Lipinski definition) is 3. The minimum absolute atomic E-state index is 0.0261. The molecule has 0 saturated heterocycles. The van der Waals surface area contributed by atoms with Gasteiger partial charge in [0.15, 0.2) is 0 Å². The molecule has 1 saturated carbocycles. The van der Waals surface area contributed by atoms with Crippen LogP contribution in [0.15, 0.2) is 47.1 Å². The molecule has 2 aromatic rings. The number of hydrogen-bond donors (Lipinski definition) is 1. The van der Waals surface area contributed by atoms with Crippen LogP contribution in [0.1, 0.15) is 28.9 Å². The van der Waals surface area contributed by atoms with Crippen LogP contribution in [0, 0.1) is 0 Å². The number of amides is 1. The van der Waals surface area contributed by atoms with Gasteiger partial charge in [-0.2, -0.15) is 0 Å². The quantitative estimate of drug-likeness (QED) is 0.865. The smallest absolute Gasteiger partial charge is 0.274 e. The average molecular weight is 346 g/mol. The van der Waals surface area contributed by atoms with Gasteiger partial charge >= 0.3 is 0 Å². The van der Waals surface area contributed by atoms with Crippen LogP contribution in [-0.4, -0.2) is 21.8 Å². The van der Waals surface area contributed by atoms with Gasteiger partial charge in [-0.1, -0.05) is 12.1 Å². The summed E-state index contributed by atoms with van der Waals surface area (Å²) in [6.07, 6.45) is 3.77. The highest BCUT2D eigenvalue weighted by atomic mass is 79.9. The molecule has 1 aliphatic carbocycles. The molecule has 0 radical (unpaired) electrons. The van der Waals surface area contributed by atoms with Crippen molar-refractivity contribution in [3.63, 3.8) is 0 Å². The molecule has 0 spiro atoms. The highest BCUT2D eigenvalue weighted by Crippen LogP contribution is 2.30. The van der Waals surface area contributed by atoms with E-state index in [-0.39, 0.29) is 5.91 Å². The first-order chi connectivity index (χ1) is 10.1. The molecule has 0 atom stereocenters. The van der Waals surface area contributed by atoms with E-state index in [9.17, 15) is 4.79 Å². The Morgan fingerprint density at radius 3 is 2.62 bits per heavy atom. The van der Waals surface area contributed by atoms with Crippen LogP contribution < -0.4 is 5.73 Å². The zero-order valence-electron chi connectivity index (χ0n) is 11.5. The first-order valence-corrected chi connectivity index (χ1v) is 7.70. The maximum Gasteiger partial charge on any atom is 0.274 e. The lowest BCUT2D eigenvalue weighted by Crippen LogP contribution is -2.33. The number of aromatic nitrogens is 1. The standard InChI is InChI=1S/C16H16BrN3O/c17-14-2-1-9-19-15(14)16(21)20(13-7-8-13)10-11-3-5-12(18)6-4-11/h1-6,9,13H,7-8,10,18H2. The van der Waals surface area contributed by atoms with Gasteiger partial charge in [-0.3, -0.25) is 4.79 Å². The molecule has 1 amide bonds. The Hall–Kier alpha value is -1.88. The van der Waals surface area contributed by atoms with Crippen LogP contribution in [0.2, 0.25) is 0 Å². The van der Waals surface area contributed by atoms with E-state index in [0.717, 1.165) is 28.6 Å². The average Bonchev–Trinajstić information content (AvgIpc) is 3.31. The number of halogens is 1. The van der Waals surface area contributed by atoms with Gasteiger partial charge in [-0.15, -0.1) is 0 Å². The minimum Gasteiger partial charge on any atom is -0.399 e. The van der Waals surface area contributed by atoms with Gasteiger partial charge in [0.25, 0.3) is 5.91 Å². The Morgan fingerprint density at radius 2 is 2.00 bits per heavy atom. The molecule has 0 aliphatic heterocycles. The van der Waals surface area contributed by atoms with Crippen molar-refractivity contribution in [2.24, 2.45) is 0 Å². The number of benzene rings is 1. The van der Waals surface area contributed by atoms with Crippen molar-refractivity contribution in [1.29, 1.82) is 0 Å². The monoisotopic (exact) mass is 345 g/mol. The van der Waals surface area contributed by atoms with E-state index in [4.69, 9.17) is 5.73 Å². The van der Waals surface area contributed by atoms with E-state index in [0.29, 0.717) is 18.3 Å². The molecule has 1 aromatic carbocycles. The van der Waals surface area contributed by atoms with Gasteiger partial charge in [0.05, 0.1) is 0 Å². The molecular formula is C16H16BrN3O. The van der Waals surface area contributed by atoms with Gasteiger partial charge in [-0.05, 0) is 58.6 Å². The Bertz CT molecular complexity index is 653. The highest BCUT2D eigenvalue weighted by molar-refractivity contribution is 9.10. The number of nitrogen functional groups attached to an aromatic ring is 1. The lowest BCUT2D eigenvalue weighted by Gasteiger charge is -2.22. The molecule has 0 unspecified atom stereocenters. The lowest BCUT2D eigenvalue weighted by molar-refractivity contribution is 0.0723. The molecule has 5 heteroatoms. The molecule has 1 heterocycles. The molecule has 4 nitrogen and oxygen atoms in total. The van der Waals surface area contributed by atoms with Crippen molar-refractivity contribution in [3.05, 3.63) is 58.3 Å². The first-order valence-electron chi connectivity index (χ1n) is 6.91. The molecule has 21 heavy (non-hydrogen) atoms. The molecule has 108 valence electrons. The van der Waals surface area contributed by atoms with Gasteiger partial charge in [0.1, 0.15) is 5.69 Å². The summed E-state index contributed by atoms with van der Waals surface area (Å²) in [5.41, 5.74) is 7.99. The Labute approximate surface area is 132 Å². The van der Waals surface area contributed by atoms with Crippen LogP contribution in [0.25, 0.3) is 0 Å². The van der Waals surface area contributed by atoms with Crippen molar-refractivity contribution in [3.8, 4) is 0 Å². The Balaban J connectivity index is 1.83. The van der Waals surface area contributed by atoms with Gasteiger partial charge in [-0.25, -0.2) is 4.98 Å². The second-order valence-electron chi connectivity index (χ2n) is 5.24. The third kappa shape index (κ3) is 3.24. The number of carbonyl (C=O) groups excluding carboxylic acids is 1. The van der Waals surface area contributed by atoms with E-state index >= 15 is 0 Å². The van der Waals surface area contributed by atoms with Crippen molar-refractivity contribution < 1.29 is 4.79 Å². The summed E-state index contributed by atoms with van der Waals surface area (Å²) in [4.78, 5) is 18.8. The van der Waals surface area contributed by atoms with E-state index < -0.39 is 0 Å².